The van der Waals surface area contributed by atoms with Crippen molar-refractivity contribution in [1.82, 2.24) is 24.1 Å². The summed E-state index contributed by atoms with van der Waals surface area (Å²) >= 11 is 1.28. The molecule has 164 valence electrons. The Bertz CT molecular complexity index is 1340. The van der Waals surface area contributed by atoms with E-state index in [0.717, 1.165) is 22.8 Å². The Hall–Kier alpha value is -3.59. The fourth-order valence-corrected chi connectivity index (χ4v) is 4.32. The van der Waals surface area contributed by atoms with Gasteiger partial charge in [0.1, 0.15) is 11.5 Å². The minimum absolute atomic E-state index is 0.100. The number of anilines is 1. The molecule has 0 aliphatic carbocycles. The average molecular weight is 449 g/mol. The van der Waals surface area contributed by atoms with Gasteiger partial charge in [0.25, 0.3) is 5.56 Å². The van der Waals surface area contributed by atoms with Crippen LogP contribution in [0, 0.1) is 20.8 Å². The normalized spacial score (nSPS) is 11.0. The van der Waals surface area contributed by atoms with Crippen molar-refractivity contribution in [3.63, 3.8) is 0 Å². The van der Waals surface area contributed by atoms with E-state index in [2.05, 4.69) is 15.5 Å². The van der Waals surface area contributed by atoms with Crippen molar-refractivity contribution in [1.29, 1.82) is 0 Å². The third kappa shape index (κ3) is 4.11. The highest BCUT2D eigenvalue weighted by Crippen LogP contribution is 2.23. The van der Waals surface area contributed by atoms with E-state index in [1.807, 2.05) is 73.0 Å². The molecule has 0 saturated heterocycles. The van der Waals surface area contributed by atoms with Crippen LogP contribution in [0.4, 0.5) is 5.69 Å². The molecule has 4 rings (SSSR count). The fourth-order valence-electron chi connectivity index (χ4n) is 3.52. The number of nitrogens with one attached hydrogen (secondary N) is 1. The first-order valence-electron chi connectivity index (χ1n) is 10.1. The van der Waals surface area contributed by atoms with Crippen LogP contribution in [0.15, 0.2) is 64.5 Å². The SMILES string of the molecule is Cc1cccc(-n2c(C)nnc2SCC(=O)Nc2c(C)n(C)n(-c3ccccc3)c2=O)c1. The fraction of sp³-hybridized carbons (Fsp3) is 0.217. The molecule has 9 heteroatoms. The number of carbonyl (C=O) groups is 1. The molecular formula is C23H24N6O2S. The molecule has 8 nitrogen and oxygen atoms in total. The number of aromatic nitrogens is 5. The van der Waals surface area contributed by atoms with Gasteiger partial charge in [-0.3, -0.25) is 18.8 Å². The van der Waals surface area contributed by atoms with Crippen LogP contribution >= 0.6 is 11.8 Å². The van der Waals surface area contributed by atoms with Crippen LogP contribution in [0.1, 0.15) is 17.1 Å². The summed E-state index contributed by atoms with van der Waals surface area (Å²) in [6.07, 6.45) is 0. The lowest BCUT2D eigenvalue weighted by Gasteiger charge is -2.09. The molecule has 1 amide bonds. The molecular weight excluding hydrogens is 424 g/mol. The summed E-state index contributed by atoms with van der Waals surface area (Å²) in [5.41, 5.74) is 3.49. The molecule has 2 aromatic carbocycles. The predicted octanol–water partition coefficient (Wildman–Crippen LogP) is 3.41. The lowest BCUT2D eigenvalue weighted by molar-refractivity contribution is -0.113. The number of hydrogen-bond donors (Lipinski definition) is 1. The Morgan fingerprint density at radius 3 is 2.44 bits per heavy atom. The highest BCUT2D eigenvalue weighted by molar-refractivity contribution is 7.99. The maximum absolute atomic E-state index is 13.0. The van der Waals surface area contributed by atoms with E-state index < -0.39 is 0 Å². The molecule has 0 bridgehead atoms. The van der Waals surface area contributed by atoms with Gasteiger partial charge >= 0.3 is 0 Å². The van der Waals surface area contributed by atoms with Crippen molar-refractivity contribution in [2.24, 2.45) is 7.05 Å². The number of para-hydroxylation sites is 1. The van der Waals surface area contributed by atoms with Crippen LogP contribution < -0.4 is 10.9 Å². The second-order valence-corrected chi connectivity index (χ2v) is 8.42. The molecule has 0 aliphatic heterocycles. The zero-order chi connectivity index (χ0) is 22.8. The van der Waals surface area contributed by atoms with Crippen molar-refractivity contribution >= 4 is 23.4 Å². The third-order valence-corrected chi connectivity index (χ3v) is 6.13. The second-order valence-electron chi connectivity index (χ2n) is 7.48. The summed E-state index contributed by atoms with van der Waals surface area (Å²) < 4.78 is 5.19. The predicted molar refractivity (Wildman–Crippen MR) is 126 cm³/mol. The lowest BCUT2D eigenvalue weighted by atomic mass is 10.2. The minimum Gasteiger partial charge on any atom is -0.319 e. The van der Waals surface area contributed by atoms with Crippen molar-refractivity contribution in [2.45, 2.75) is 25.9 Å². The van der Waals surface area contributed by atoms with Crippen molar-refractivity contribution in [3.05, 3.63) is 82.0 Å². The van der Waals surface area contributed by atoms with E-state index in [1.165, 1.54) is 16.4 Å². The molecule has 0 radical (unpaired) electrons. The van der Waals surface area contributed by atoms with Gasteiger partial charge in [-0.05, 0) is 50.6 Å². The molecule has 32 heavy (non-hydrogen) atoms. The first-order valence-corrected chi connectivity index (χ1v) is 11.1. The molecule has 0 saturated carbocycles. The van der Waals surface area contributed by atoms with Gasteiger partial charge in [0.2, 0.25) is 5.91 Å². The molecule has 0 aliphatic rings. The van der Waals surface area contributed by atoms with Crippen LogP contribution in [0.3, 0.4) is 0 Å². The van der Waals surface area contributed by atoms with Gasteiger partial charge in [-0.1, -0.05) is 42.1 Å². The number of rotatable bonds is 6. The maximum Gasteiger partial charge on any atom is 0.295 e. The molecule has 1 N–H and O–H groups in total. The number of thioether (sulfide) groups is 1. The Balaban J connectivity index is 1.53. The van der Waals surface area contributed by atoms with Gasteiger partial charge < -0.3 is 5.32 Å². The Labute approximate surface area is 189 Å². The summed E-state index contributed by atoms with van der Waals surface area (Å²) in [5.74, 6) is 0.559. The van der Waals surface area contributed by atoms with E-state index in [9.17, 15) is 9.59 Å². The van der Waals surface area contributed by atoms with E-state index >= 15 is 0 Å². The lowest BCUT2D eigenvalue weighted by Crippen LogP contribution is -2.23. The Morgan fingerprint density at radius 2 is 1.72 bits per heavy atom. The van der Waals surface area contributed by atoms with Crippen LogP contribution in [0.25, 0.3) is 11.4 Å². The molecule has 2 aromatic heterocycles. The summed E-state index contributed by atoms with van der Waals surface area (Å²) in [6, 6.07) is 17.3. The standard InChI is InChI=1S/C23H24N6O2S/c1-15-9-8-12-19(13-15)28-17(3)25-26-23(28)32-14-20(30)24-21-16(2)27(4)29(22(21)31)18-10-6-5-7-11-18/h5-13H,14H2,1-4H3,(H,24,30). The van der Waals surface area contributed by atoms with Gasteiger partial charge in [0, 0.05) is 12.7 Å². The van der Waals surface area contributed by atoms with Gasteiger partial charge in [-0.25, -0.2) is 4.68 Å². The number of aryl methyl sites for hydroxylation is 2. The summed E-state index contributed by atoms with van der Waals surface area (Å²) in [5, 5.41) is 11.8. The first kappa shape index (κ1) is 21.6. The third-order valence-electron chi connectivity index (χ3n) is 5.21. The highest BCUT2D eigenvalue weighted by atomic mass is 32.2. The number of carbonyl (C=O) groups excluding carboxylic acids is 1. The topological polar surface area (TPSA) is 86.7 Å². The number of amides is 1. The molecule has 0 spiro atoms. The average Bonchev–Trinajstić information content (AvgIpc) is 3.25. The Kier molecular flexibility index (Phi) is 6.00. The van der Waals surface area contributed by atoms with Crippen molar-refractivity contribution < 1.29 is 4.79 Å². The summed E-state index contributed by atoms with van der Waals surface area (Å²) in [4.78, 5) is 25.7. The van der Waals surface area contributed by atoms with Crippen LogP contribution in [0.5, 0.6) is 0 Å². The van der Waals surface area contributed by atoms with E-state index in [1.54, 1.807) is 18.7 Å². The van der Waals surface area contributed by atoms with Gasteiger partial charge in [-0.2, -0.15) is 0 Å². The van der Waals surface area contributed by atoms with Gasteiger partial charge in [-0.15, -0.1) is 10.2 Å². The van der Waals surface area contributed by atoms with Crippen LogP contribution in [-0.2, 0) is 11.8 Å². The van der Waals surface area contributed by atoms with Gasteiger partial charge in [0.15, 0.2) is 5.16 Å². The molecule has 0 unspecified atom stereocenters. The second kappa shape index (κ2) is 8.88. The van der Waals surface area contributed by atoms with Crippen molar-refractivity contribution in [2.75, 3.05) is 11.1 Å². The zero-order valence-corrected chi connectivity index (χ0v) is 19.2. The van der Waals surface area contributed by atoms with E-state index in [4.69, 9.17) is 0 Å². The highest BCUT2D eigenvalue weighted by Gasteiger charge is 2.19. The molecule has 0 atom stereocenters. The molecule has 4 aromatic rings. The number of nitrogens with zero attached hydrogens (tertiary/aromatic N) is 5. The summed E-state index contributed by atoms with van der Waals surface area (Å²) in [6.45, 7) is 5.70. The van der Waals surface area contributed by atoms with Gasteiger partial charge in [0.05, 0.1) is 17.1 Å². The van der Waals surface area contributed by atoms with E-state index in [0.29, 0.717) is 10.9 Å². The van der Waals surface area contributed by atoms with Crippen LogP contribution in [0.2, 0.25) is 0 Å². The first-order chi connectivity index (χ1) is 15.4. The zero-order valence-electron chi connectivity index (χ0n) is 18.4. The molecule has 0 fully saturated rings. The largest absolute Gasteiger partial charge is 0.319 e. The maximum atomic E-state index is 13.0. The monoisotopic (exact) mass is 448 g/mol. The summed E-state index contributed by atoms with van der Waals surface area (Å²) in [7, 11) is 1.79. The number of benzene rings is 2. The van der Waals surface area contributed by atoms with Crippen LogP contribution in [-0.4, -0.2) is 35.8 Å². The van der Waals surface area contributed by atoms with Crippen molar-refractivity contribution in [3.8, 4) is 11.4 Å². The van der Waals surface area contributed by atoms with E-state index in [-0.39, 0.29) is 22.9 Å². The Morgan fingerprint density at radius 1 is 1.00 bits per heavy atom. The minimum atomic E-state index is -0.280. The quantitative estimate of drug-likeness (QED) is 0.457. The smallest absolute Gasteiger partial charge is 0.295 e. The molecule has 2 heterocycles. The number of hydrogen-bond acceptors (Lipinski definition) is 5.